The van der Waals surface area contributed by atoms with Gasteiger partial charge in [-0.2, -0.15) is 0 Å². The minimum atomic E-state index is -0.208. The van der Waals surface area contributed by atoms with Crippen molar-refractivity contribution in [3.8, 4) is 5.69 Å². The van der Waals surface area contributed by atoms with Crippen molar-refractivity contribution in [1.29, 1.82) is 0 Å². The first kappa shape index (κ1) is 10.9. The maximum Gasteiger partial charge on any atom is 0.285 e. The van der Waals surface area contributed by atoms with Crippen molar-refractivity contribution in [1.82, 2.24) is 14.5 Å². The first-order chi connectivity index (χ1) is 8.77. The van der Waals surface area contributed by atoms with Crippen molar-refractivity contribution >= 4 is 23.3 Å². The second-order valence-corrected chi connectivity index (χ2v) is 4.19. The van der Waals surface area contributed by atoms with Gasteiger partial charge in [0.1, 0.15) is 0 Å². The van der Waals surface area contributed by atoms with Crippen molar-refractivity contribution in [3.63, 3.8) is 0 Å². The summed E-state index contributed by atoms with van der Waals surface area (Å²) in [5.41, 5.74) is 1.56. The van der Waals surface area contributed by atoms with Crippen LogP contribution in [0.4, 0.5) is 0 Å². The van der Waals surface area contributed by atoms with E-state index in [1.165, 1.54) is 4.57 Å². The summed E-state index contributed by atoms with van der Waals surface area (Å²) in [6.45, 7) is 0. The maximum atomic E-state index is 12.4. The maximum absolute atomic E-state index is 12.4. The van der Waals surface area contributed by atoms with Gasteiger partial charge in [0.2, 0.25) is 0 Å². The second kappa shape index (κ2) is 4.19. The quantitative estimate of drug-likeness (QED) is 0.679. The molecule has 0 fully saturated rings. The highest BCUT2D eigenvalue weighted by atomic mass is 32.1. The second-order valence-electron chi connectivity index (χ2n) is 3.81. The van der Waals surface area contributed by atoms with E-state index in [4.69, 9.17) is 12.2 Å². The lowest BCUT2D eigenvalue weighted by Crippen LogP contribution is -2.21. The van der Waals surface area contributed by atoms with Crippen molar-refractivity contribution in [3.05, 3.63) is 63.8 Å². The van der Waals surface area contributed by atoms with E-state index in [0.29, 0.717) is 15.8 Å². The van der Waals surface area contributed by atoms with E-state index in [1.807, 2.05) is 30.3 Å². The summed E-state index contributed by atoms with van der Waals surface area (Å²) in [7, 11) is 0. The standard InChI is InChI=1S/C13H9N3OS/c17-12-11-10(7-4-8-14-11)15-13(18)16(12)9-5-2-1-3-6-9/h1-8H,(H,15,18). The fourth-order valence-corrected chi connectivity index (χ4v) is 2.16. The van der Waals surface area contributed by atoms with Crippen LogP contribution < -0.4 is 5.56 Å². The lowest BCUT2D eigenvalue weighted by atomic mass is 10.3. The molecule has 2 heterocycles. The molecule has 0 saturated heterocycles. The Hall–Kier alpha value is -2.27. The summed E-state index contributed by atoms with van der Waals surface area (Å²) in [6, 6.07) is 12.8. The number of fused-ring (bicyclic) bond motifs is 1. The zero-order chi connectivity index (χ0) is 12.5. The molecule has 3 rings (SSSR count). The SMILES string of the molecule is O=c1c2ncccc2[nH]c(=S)n1-c1ccccc1. The third-order valence-corrected chi connectivity index (χ3v) is 2.96. The summed E-state index contributed by atoms with van der Waals surface area (Å²) >= 11 is 5.23. The number of benzene rings is 1. The Kier molecular flexibility index (Phi) is 2.53. The smallest absolute Gasteiger partial charge is 0.285 e. The van der Waals surface area contributed by atoms with Gasteiger partial charge in [0, 0.05) is 6.20 Å². The number of hydrogen-bond donors (Lipinski definition) is 1. The van der Waals surface area contributed by atoms with Crippen LogP contribution in [0.3, 0.4) is 0 Å². The molecule has 0 aliphatic heterocycles. The topological polar surface area (TPSA) is 50.7 Å². The Balaban J connectivity index is 2.45. The minimum absolute atomic E-state index is 0.208. The van der Waals surface area contributed by atoms with Crippen LogP contribution in [0, 0.1) is 4.77 Å². The first-order valence-corrected chi connectivity index (χ1v) is 5.84. The van der Waals surface area contributed by atoms with Crippen LogP contribution in [-0.2, 0) is 0 Å². The number of H-pyrrole nitrogens is 1. The van der Waals surface area contributed by atoms with E-state index in [9.17, 15) is 4.79 Å². The van der Waals surface area contributed by atoms with Crippen molar-refractivity contribution in [2.45, 2.75) is 0 Å². The van der Waals surface area contributed by atoms with Gasteiger partial charge in [0.25, 0.3) is 5.56 Å². The first-order valence-electron chi connectivity index (χ1n) is 5.43. The van der Waals surface area contributed by atoms with Gasteiger partial charge in [-0.1, -0.05) is 18.2 Å². The van der Waals surface area contributed by atoms with Crippen LogP contribution in [0.5, 0.6) is 0 Å². The molecular formula is C13H9N3OS. The Bertz CT molecular complexity index is 821. The zero-order valence-electron chi connectivity index (χ0n) is 9.33. The van der Waals surface area contributed by atoms with E-state index in [1.54, 1.807) is 18.3 Å². The van der Waals surface area contributed by atoms with E-state index in [-0.39, 0.29) is 5.56 Å². The molecule has 0 unspecified atom stereocenters. The zero-order valence-corrected chi connectivity index (χ0v) is 10.1. The third kappa shape index (κ3) is 1.65. The van der Waals surface area contributed by atoms with Gasteiger partial charge in [-0.25, -0.2) is 4.98 Å². The predicted octanol–water partition coefficient (Wildman–Crippen LogP) is 2.44. The molecule has 1 N–H and O–H groups in total. The van der Waals surface area contributed by atoms with E-state index < -0.39 is 0 Å². The van der Waals surface area contributed by atoms with Crippen LogP contribution in [0.2, 0.25) is 0 Å². The van der Waals surface area contributed by atoms with E-state index in [0.717, 1.165) is 5.69 Å². The van der Waals surface area contributed by atoms with Gasteiger partial charge in [-0.15, -0.1) is 0 Å². The normalized spacial score (nSPS) is 10.7. The minimum Gasteiger partial charge on any atom is -0.330 e. The molecular weight excluding hydrogens is 246 g/mol. The Morgan fingerprint density at radius 1 is 1.11 bits per heavy atom. The number of aromatic nitrogens is 3. The highest BCUT2D eigenvalue weighted by Gasteiger charge is 2.07. The van der Waals surface area contributed by atoms with Gasteiger partial charge in [-0.05, 0) is 36.5 Å². The summed E-state index contributed by atoms with van der Waals surface area (Å²) in [5, 5.41) is 0. The number of rotatable bonds is 1. The third-order valence-electron chi connectivity index (χ3n) is 2.67. The number of hydrogen-bond acceptors (Lipinski definition) is 3. The van der Waals surface area contributed by atoms with E-state index in [2.05, 4.69) is 9.97 Å². The fraction of sp³-hybridized carbons (Fsp3) is 0. The molecule has 0 aliphatic rings. The fourth-order valence-electron chi connectivity index (χ4n) is 1.86. The Morgan fingerprint density at radius 2 is 1.89 bits per heavy atom. The summed E-state index contributed by atoms with van der Waals surface area (Å²) in [5.74, 6) is 0. The molecule has 0 amide bonds. The van der Waals surface area contributed by atoms with Crippen molar-refractivity contribution in [2.75, 3.05) is 0 Å². The lowest BCUT2D eigenvalue weighted by molar-refractivity contribution is 0.933. The average Bonchev–Trinajstić information content (AvgIpc) is 2.40. The highest BCUT2D eigenvalue weighted by Crippen LogP contribution is 2.08. The number of para-hydroxylation sites is 1. The van der Waals surface area contributed by atoms with Crippen LogP contribution in [0.15, 0.2) is 53.5 Å². The number of aromatic amines is 1. The van der Waals surface area contributed by atoms with Gasteiger partial charge < -0.3 is 4.98 Å². The van der Waals surface area contributed by atoms with E-state index >= 15 is 0 Å². The largest absolute Gasteiger partial charge is 0.330 e. The average molecular weight is 255 g/mol. The van der Waals surface area contributed by atoms with Crippen molar-refractivity contribution < 1.29 is 0 Å². The number of pyridine rings is 1. The molecule has 3 aromatic rings. The molecule has 1 aromatic carbocycles. The molecule has 4 nitrogen and oxygen atoms in total. The summed E-state index contributed by atoms with van der Waals surface area (Å²) < 4.78 is 1.82. The predicted molar refractivity (Wildman–Crippen MR) is 72.5 cm³/mol. The monoisotopic (exact) mass is 255 g/mol. The molecule has 88 valence electrons. The molecule has 0 saturated carbocycles. The van der Waals surface area contributed by atoms with Crippen LogP contribution >= 0.6 is 12.2 Å². The lowest BCUT2D eigenvalue weighted by Gasteiger charge is -2.06. The molecule has 0 spiro atoms. The molecule has 5 heteroatoms. The van der Waals surface area contributed by atoms with Gasteiger partial charge in [-0.3, -0.25) is 9.36 Å². The van der Waals surface area contributed by atoms with Gasteiger partial charge in [0.15, 0.2) is 10.3 Å². The Labute approximate surface area is 108 Å². The molecule has 0 radical (unpaired) electrons. The molecule has 0 aliphatic carbocycles. The molecule has 18 heavy (non-hydrogen) atoms. The van der Waals surface area contributed by atoms with Crippen LogP contribution in [0.25, 0.3) is 16.7 Å². The molecule has 0 bridgehead atoms. The Morgan fingerprint density at radius 3 is 2.67 bits per heavy atom. The number of nitrogens with zero attached hydrogens (tertiary/aromatic N) is 2. The van der Waals surface area contributed by atoms with Crippen molar-refractivity contribution in [2.24, 2.45) is 0 Å². The van der Waals surface area contributed by atoms with Crippen LogP contribution in [-0.4, -0.2) is 14.5 Å². The molecule has 0 atom stereocenters. The number of nitrogens with one attached hydrogen (secondary N) is 1. The van der Waals surface area contributed by atoms with Crippen LogP contribution in [0.1, 0.15) is 0 Å². The molecule has 2 aromatic heterocycles. The van der Waals surface area contributed by atoms with Gasteiger partial charge in [0.05, 0.1) is 11.2 Å². The summed E-state index contributed by atoms with van der Waals surface area (Å²) in [6.07, 6.45) is 1.59. The summed E-state index contributed by atoms with van der Waals surface area (Å²) in [4.78, 5) is 19.5. The highest BCUT2D eigenvalue weighted by molar-refractivity contribution is 7.71. The van der Waals surface area contributed by atoms with Gasteiger partial charge >= 0.3 is 0 Å².